The Morgan fingerprint density at radius 1 is 0.974 bits per heavy atom. The van der Waals surface area contributed by atoms with E-state index in [1.54, 1.807) is 6.33 Å². The van der Waals surface area contributed by atoms with Crippen LogP contribution in [0.15, 0.2) is 30.6 Å². The van der Waals surface area contributed by atoms with Crippen LogP contribution in [-0.4, -0.2) is 93.9 Å². The molecule has 0 bridgehead atoms. The molecule has 0 spiro atoms. The van der Waals surface area contributed by atoms with Gasteiger partial charge in [0.15, 0.2) is 17.0 Å². The van der Waals surface area contributed by atoms with Gasteiger partial charge in [-0.05, 0) is 45.4 Å². The van der Waals surface area contributed by atoms with Crippen molar-refractivity contribution in [3.8, 4) is 0 Å². The van der Waals surface area contributed by atoms with Crippen LogP contribution in [0, 0.1) is 0 Å². The molecule has 12 heteroatoms. The SMILES string of the molecule is CC(C)N(CCNc1nc(NCCN2CCOCC2)nc2c1ncn2Cc1ccc(C(F)(F)F)cc1)C(C)C. The summed E-state index contributed by atoms with van der Waals surface area (Å²) in [6.45, 7) is 15.4. The molecule has 1 aliphatic rings. The second-order valence-corrected chi connectivity index (χ2v) is 10.4. The van der Waals surface area contributed by atoms with E-state index in [9.17, 15) is 13.2 Å². The molecule has 0 saturated carbocycles. The van der Waals surface area contributed by atoms with Crippen LogP contribution < -0.4 is 10.6 Å². The van der Waals surface area contributed by atoms with Crippen LogP contribution in [0.1, 0.15) is 38.8 Å². The first kappa shape index (κ1) is 29.0. The number of rotatable bonds is 12. The summed E-state index contributed by atoms with van der Waals surface area (Å²) in [5, 5.41) is 6.79. The smallest absolute Gasteiger partial charge is 0.379 e. The van der Waals surface area contributed by atoms with E-state index in [-0.39, 0.29) is 0 Å². The molecule has 0 amide bonds. The van der Waals surface area contributed by atoms with E-state index >= 15 is 0 Å². The Morgan fingerprint density at radius 3 is 2.31 bits per heavy atom. The average molecular weight is 549 g/mol. The molecule has 214 valence electrons. The molecule has 0 aliphatic carbocycles. The minimum atomic E-state index is -4.36. The van der Waals surface area contributed by atoms with Crippen LogP contribution in [0.5, 0.6) is 0 Å². The van der Waals surface area contributed by atoms with Gasteiger partial charge >= 0.3 is 6.18 Å². The predicted molar refractivity (Wildman–Crippen MR) is 147 cm³/mol. The number of nitrogens with zero attached hydrogens (tertiary/aromatic N) is 6. The van der Waals surface area contributed by atoms with E-state index in [2.05, 4.69) is 53.1 Å². The molecule has 2 aromatic heterocycles. The number of hydrogen-bond donors (Lipinski definition) is 2. The lowest BCUT2D eigenvalue weighted by atomic mass is 10.1. The Morgan fingerprint density at radius 2 is 1.67 bits per heavy atom. The van der Waals surface area contributed by atoms with Gasteiger partial charge in [0.1, 0.15) is 0 Å². The summed E-state index contributed by atoms with van der Waals surface area (Å²) in [6, 6.07) is 6.01. The first-order chi connectivity index (χ1) is 18.6. The molecule has 0 unspecified atom stereocenters. The number of fused-ring (bicyclic) bond motifs is 1. The highest BCUT2D eigenvalue weighted by Crippen LogP contribution is 2.29. The van der Waals surface area contributed by atoms with E-state index in [1.165, 1.54) is 12.1 Å². The van der Waals surface area contributed by atoms with Crippen molar-refractivity contribution in [3.63, 3.8) is 0 Å². The summed E-state index contributed by atoms with van der Waals surface area (Å²) in [5.41, 5.74) is 1.30. The number of ether oxygens (including phenoxy) is 1. The zero-order valence-electron chi connectivity index (χ0n) is 23.1. The Bertz CT molecular complexity index is 1180. The largest absolute Gasteiger partial charge is 0.416 e. The second-order valence-electron chi connectivity index (χ2n) is 10.4. The van der Waals surface area contributed by atoms with Crippen LogP contribution in [0.3, 0.4) is 0 Å². The first-order valence-corrected chi connectivity index (χ1v) is 13.5. The number of aromatic nitrogens is 4. The van der Waals surface area contributed by atoms with Crippen LogP contribution in [0.25, 0.3) is 11.2 Å². The number of hydrogen-bond acceptors (Lipinski definition) is 8. The van der Waals surface area contributed by atoms with Crippen molar-refractivity contribution in [2.24, 2.45) is 0 Å². The Hall–Kier alpha value is -2.96. The van der Waals surface area contributed by atoms with Crippen molar-refractivity contribution in [2.75, 3.05) is 63.1 Å². The van der Waals surface area contributed by atoms with Crippen LogP contribution in [0.2, 0.25) is 0 Å². The lowest BCUT2D eigenvalue weighted by Crippen LogP contribution is -2.40. The molecule has 0 atom stereocenters. The number of imidazole rings is 1. The van der Waals surface area contributed by atoms with E-state index in [4.69, 9.17) is 14.7 Å². The Kier molecular flexibility index (Phi) is 9.62. The number of anilines is 2. The van der Waals surface area contributed by atoms with Crippen LogP contribution in [-0.2, 0) is 17.5 Å². The molecular formula is C27H39F3N8O. The van der Waals surface area contributed by atoms with Crippen LogP contribution in [0.4, 0.5) is 24.9 Å². The highest BCUT2D eigenvalue weighted by Gasteiger charge is 2.30. The van der Waals surface area contributed by atoms with Crippen molar-refractivity contribution in [3.05, 3.63) is 41.7 Å². The van der Waals surface area contributed by atoms with E-state index in [0.717, 1.165) is 57.1 Å². The fourth-order valence-electron chi connectivity index (χ4n) is 4.82. The van der Waals surface area contributed by atoms with Gasteiger partial charge in [-0.2, -0.15) is 23.1 Å². The van der Waals surface area contributed by atoms with E-state index in [1.807, 2.05) is 4.57 Å². The summed E-state index contributed by atoms with van der Waals surface area (Å²) < 4.78 is 46.3. The molecule has 9 nitrogen and oxygen atoms in total. The molecule has 39 heavy (non-hydrogen) atoms. The van der Waals surface area contributed by atoms with Gasteiger partial charge in [0.25, 0.3) is 0 Å². The maximum atomic E-state index is 13.0. The number of benzene rings is 1. The van der Waals surface area contributed by atoms with Crippen molar-refractivity contribution in [1.82, 2.24) is 29.3 Å². The molecule has 4 rings (SSSR count). The summed E-state index contributed by atoms with van der Waals surface area (Å²) in [7, 11) is 0. The number of morpholine rings is 1. The third-order valence-corrected chi connectivity index (χ3v) is 6.90. The molecule has 3 aromatic rings. The van der Waals surface area contributed by atoms with Gasteiger partial charge in [-0.1, -0.05) is 12.1 Å². The number of halogens is 3. The van der Waals surface area contributed by atoms with Gasteiger partial charge in [0.2, 0.25) is 5.95 Å². The summed E-state index contributed by atoms with van der Waals surface area (Å²) in [5.74, 6) is 1.12. The van der Waals surface area contributed by atoms with E-state index in [0.29, 0.717) is 54.6 Å². The van der Waals surface area contributed by atoms with Gasteiger partial charge in [-0.3, -0.25) is 9.80 Å². The number of alkyl halides is 3. The molecule has 3 heterocycles. The normalized spacial score (nSPS) is 15.1. The summed E-state index contributed by atoms with van der Waals surface area (Å²) in [6.07, 6.45) is -2.70. The van der Waals surface area contributed by atoms with Crippen molar-refractivity contribution in [1.29, 1.82) is 0 Å². The minimum Gasteiger partial charge on any atom is -0.379 e. The molecule has 1 aliphatic heterocycles. The molecule has 1 fully saturated rings. The maximum Gasteiger partial charge on any atom is 0.416 e. The summed E-state index contributed by atoms with van der Waals surface area (Å²) in [4.78, 5) is 18.8. The first-order valence-electron chi connectivity index (χ1n) is 13.5. The third-order valence-electron chi connectivity index (χ3n) is 6.90. The molecule has 1 aromatic carbocycles. The van der Waals surface area contributed by atoms with E-state index < -0.39 is 11.7 Å². The fourth-order valence-corrected chi connectivity index (χ4v) is 4.82. The van der Waals surface area contributed by atoms with Crippen molar-refractivity contribution < 1.29 is 17.9 Å². The van der Waals surface area contributed by atoms with Crippen molar-refractivity contribution >= 4 is 22.9 Å². The molecule has 1 saturated heterocycles. The standard InChI is InChI=1S/C27H39F3N8O/c1-19(2)38(20(3)4)12-10-31-24-23-25(35-26(34-24)32-9-11-36-13-15-39-16-14-36)37(18-33-23)17-21-5-7-22(8-6-21)27(28,29)30/h5-8,18-20H,9-17H2,1-4H3,(H2,31,32,34,35). The van der Waals surface area contributed by atoms with Crippen LogP contribution >= 0.6 is 0 Å². The van der Waals surface area contributed by atoms with Gasteiger partial charge in [-0.15, -0.1) is 0 Å². The third kappa shape index (κ3) is 7.80. The highest BCUT2D eigenvalue weighted by molar-refractivity contribution is 5.84. The van der Waals surface area contributed by atoms with Gasteiger partial charge in [-0.25, -0.2) is 4.98 Å². The molecule has 0 radical (unpaired) electrons. The van der Waals surface area contributed by atoms with Gasteiger partial charge in [0.05, 0.1) is 31.6 Å². The zero-order chi connectivity index (χ0) is 28.0. The van der Waals surface area contributed by atoms with Crippen molar-refractivity contribution in [2.45, 2.75) is 52.5 Å². The fraction of sp³-hybridized carbons (Fsp3) is 0.593. The predicted octanol–water partition coefficient (Wildman–Crippen LogP) is 4.17. The monoisotopic (exact) mass is 548 g/mol. The maximum absolute atomic E-state index is 13.0. The molecule has 2 N–H and O–H groups in total. The minimum absolute atomic E-state index is 0.340. The topological polar surface area (TPSA) is 83.4 Å². The van der Waals surface area contributed by atoms with Gasteiger partial charge in [0, 0.05) is 51.4 Å². The molecular weight excluding hydrogens is 509 g/mol. The average Bonchev–Trinajstić information content (AvgIpc) is 3.29. The zero-order valence-corrected chi connectivity index (χ0v) is 23.1. The lowest BCUT2D eigenvalue weighted by Gasteiger charge is -2.30. The Balaban J connectivity index is 1.54. The lowest BCUT2D eigenvalue weighted by molar-refractivity contribution is -0.137. The highest BCUT2D eigenvalue weighted by atomic mass is 19.4. The second kappa shape index (κ2) is 12.9. The Labute approximate surface area is 227 Å². The summed E-state index contributed by atoms with van der Waals surface area (Å²) >= 11 is 0. The number of nitrogens with one attached hydrogen (secondary N) is 2. The quantitative estimate of drug-likeness (QED) is 0.349. The van der Waals surface area contributed by atoms with Gasteiger partial charge < -0.3 is 19.9 Å².